The first kappa shape index (κ1) is 16.2. The highest BCUT2D eigenvalue weighted by atomic mass is 32.2. The van der Waals surface area contributed by atoms with Gasteiger partial charge >= 0.3 is 0 Å². The molecule has 1 saturated heterocycles. The van der Waals surface area contributed by atoms with Crippen LogP contribution in [-0.2, 0) is 6.54 Å². The molecule has 1 aromatic carbocycles. The number of hydrogen-bond donors (Lipinski definition) is 1. The Morgan fingerprint density at radius 2 is 2.28 bits per heavy atom. The van der Waals surface area contributed by atoms with Gasteiger partial charge in [-0.3, -0.25) is 4.79 Å². The normalized spacial score (nSPS) is 17.7. The summed E-state index contributed by atoms with van der Waals surface area (Å²) in [5.41, 5.74) is 3.47. The molecule has 1 fully saturated rings. The van der Waals surface area contributed by atoms with Gasteiger partial charge in [0.15, 0.2) is 5.78 Å². The van der Waals surface area contributed by atoms with Crippen molar-refractivity contribution >= 4 is 39.4 Å². The van der Waals surface area contributed by atoms with Gasteiger partial charge in [0.25, 0.3) is 0 Å². The molecule has 0 saturated carbocycles. The second-order valence-corrected chi connectivity index (χ2v) is 7.39. The van der Waals surface area contributed by atoms with Crippen LogP contribution in [-0.4, -0.2) is 39.4 Å². The number of aryl methyl sites for hydroxylation is 1. The smallest absolute Gasteiger partial charge is 0.198 e. The molecule has 2 aromatic heterocycles. The molecule has 1 atom stereocenters. The Hall–Kier alpha value is -2.29. The van der Waals surface area contributed by atoms with Crippen molar-refractivity contribution in [2.24, 2.45) is 0 Å². The molecule has 25 heavy (non-hydrogen) atoms. The van der Waals surface area contributed by atoms with Crippen molar-refractivity contribution < 1.29 is 4.79 Å². The molecule has 1 aliphatic rings. The van der Waals surface area contributed by atoms with Crippen LogP contribution in [0.1, 0.15) is 16.2 Å². The molecule has 3 heterocycles. The van der Waals surface area contributed by atoms with E-state index in [4.69, 9.17) is 6.42 Å². The van der Waals surface area contributed by atoms with Crippen LogP contribution in [0.4, 0.5) is 0 Å². The molecule has 0 spiro atoms. The summed E-state index contributed by atoms with van der Waals surface area (Å²) in [6.45, 7) is 3.30. The summed E-state index contributed by atoms with van der Waals surface area (Å²) in [6, 6.07) is 9.94. The Labute approximate surface area is 151 Å². The van der Waals surface area contributed by atoms with E-state index >= 15 is 0 Å². The van der Waals surface area contributed by atoms with Crippen LogP contribution < -0.4 is 5.32 Å². The minimum Gasteiger partial charge on any atom is -0.327 e. The predicted molar refractivity (Wildman–Crippen MR) is 104 cm³/mol. The summed E-state index contributed by atoms with van der Waals surface area (Å²) in [6.07, 6.45) is 5.57. The van der Waals surface area contributed by atoms with E-state index in [1.54, 1.807) is 0 Å². The van der Waals surface area contributed by atoms with Gasteiger partial charge in [0, 0.05) is 28.8 Å². The number of Topliss-reactive ketones (excluding diaryl/α,β-unsaturated/α-hetero) is 1. The van der Waals surface area contributed by atoms with E-state index in [9.17, 15) is 4.79 Å². The number of rotatable bonds is 3. The number of carbonyl (C=O) groups excluding carboxylic acids is 1. The number of nitrogens with zero attached hydrogens (tertiary/aromatic N) is 2. The lowest BCUT2D eigenvalue weighted by Gasteiger charge is -2.21. The van der Waals surface area contributed by atoms with Crippen molar-refractivity contribution in [3.8, 4) is 12.3 Å². The predicted octanol–water partition coefficient (Wildman–Crippen LogP) is 3.02. The standard InChI is InChI=1S/C20H19N3OS/c1-3-9-23-18-7-5-4-6-14(18)15-11-16(22-13(2)19(15)23)20(24)17-12-25-10-8-21-17/h1,4-7,11,17,21H,8-10,12H2,2H3. The van der Waals surface area contributed by atoms with Gasteiger partial charge < -0.3 is 9.88 Å². The van der Waals surface area contributed by atoms with Crippen LogP contribution in [0.15, 0.2) is 30.3 Å². The van der Waals surface area contributed by atoms with Crippen molar-refractivity contribution in [2.45, 2.75) is 19.5 Å². The van der Waals surface area contributed by atoms with Crippen LogP contribution in [0.2, 0.25) is 0 Å². The maximum absolute atomic E-state index is 12.9. The Bertz CT molecular complexity index is 1010. The van der Waals surface area contributed by atoms with Gasteiger partial charge in [-0.2, -0.15) is 11.8 Å². The largest absolute Gasteiger partial charge is 0.327 e. The Balaban J connectivity index is 1.91. The van der Waals surface area contributed by atoms with Crippen molar-refractivity contribution in [1.82, 2.24) is 14.9 Å². The second kappa shape index (κ2) is 6.55. The van der Waals surface area contributed by atoms with E-state index in [1.165, 1.54) is 0 Å². The number of fused-ring (bicyclic) bond motifs is 3. The lowest BCUT2D eigenvalue weighted by atomic mass is 10.1. The van der Waals surface area contributed by atoms with E-state index in [2.05, 4.69) is 32.9 Å². The molecule has 3 aromatic rings. The fraction of sp³-hybridized carbons (Fsp3) is 0.300. The van der Waals surface area contributed by atoms with Gasteiger partial charge in [0.1, 0.15) is 5.69 Å². The van der Waals surface area contributed by atoms with Crippen LogP contribution in [0, 0.1) is 19.3 Å². The fourth-order valence-corrected chi connectivity index (χ4v) is 4.50. The number of terminal acetylenes is 1. The third-order valence-corrected chi connectivity index (χ3v) is 5.72. The summed E-state index contributed by atoms with van der Waals surface area (Å²) in [7, 11) is 0. The summed E-state index contributed by atoms with van der Waals surface area (Å²) in [4.78, 5) is 17.5. The van der Waals surface area contributed by atoms with Crippen LogP contribution in [0.5, 0.6) is 0 Å². The average Bonchev–Trinajstić information content (AvgIpc) is 2.97. The third kappa shape index (κ3) is 2.72. The number of para-hydroxylation sites is 1. The summed E-state index contributed by atoms with van der Waals surface area (Å²) < 4.78 is 2.11. The molecule has 0 radical (unpaired) electrons. The molecule has 1 aliphatic heterocycles. The van der Waals surface area contributed by atoms with Gasteiger partial charge in [-0.25, -0.2) is 4.98 Å². The van der Waals surface area contributed by atoms with Crippen LogP contribution in [0.25, 0.3) is 21.8 Å². The van der Waals surface area contributed by atoms with Gasteiger partial charge in [0.2, 0.25) is 0 Å². The lowest BCUT2D eigenvalue weighted by Crippen LogP contribution is -2.43. The van der Waals surface area contributed by atoms with Gasteiger partial charge in [-0.05, 0) is 19.1 Å². The minimum atomic E-state index is -0.151. The molecular weight excluding hydrogens is 330 g/mol. The Kier molecular flexibility index (Phi) is 4.24. The van der Waals surface area contributed by atoms with Crippen molar-refractivity contribution in [1.29, 1.82) is 0 Å². The topological polar surface area (TPSA) is 46.9 Å². The summed E-state index contributed by atoms with van der Waals surface area (Å²) in [5, 5.41) is 5.46. The third-order valence-electron chi connectivity index (χ3n) is 4.66. The first-order chi connectivity index (χ1) is 12.2. The van der Waals surface area contributed by atoms with E-state index in [0.29, 0.717) is 12.2 Å². The van der Waals surface area contributed by atoms with E-state index < -0.39 is 0 Å². The number of pyridine rings is 1. The molecule has 5 heteroatoms. The zero-order valence-electron chi connectivity index (χ0n) is 14.1. The summed E-state index contributed by atoms with van der Waals surface area (Å²) >= 11 is 1.81. The molecule has 126 valence electrons. The average molecular weight is 349 g/mol. The highest BCUT2D eigenvalue weighted by Crippen LogP contribution is 2.31. The quantitative estimate of drug-likeness (QED) is 0.583. The monoisotopic (exact) mass is 349 g/mol. The summed E-state index contributed by atoms with van der Waals surface area (Å²) in [5.74, 6) is 4.65. The molecule has 1 N–H and O–H groups in total. The van der Waals surface area contributed by atoms with Crippen molar-refractivity contribution in [2.75, 3.05) is 18.1 Å². The molecule has 4 nitrogen and oxygen atoms in total. The highest BCUT2D eigenvalue weighted by Gasteiger charge is 2.25. The number of carbonyl (C=O) groups is 1. The van der Waals surface area contributed by atoms with Crippen molar-refractivity contribution in [3.05, 3.63) is 41.7 Å². The molecule has 4 rings (SSSR count). The van der Waals surface area contributed by atoms with Gasteiger partial charge in [0.05, 0.1) is 29.3 Å². The SMILES string of the molecule is C#CCn1c2ccccc2c2cc(C(=O)C3CSCCN3)nc(C)c21. The van der Waals surface area contributed by atoms with E-state index in [1.807, 2.05) is 36.9 Å². The van der Waals surface area contributed by atoms with Gasteiger partial charge in [-0.15, -0.1) is 6.42 Å². The highest BCUT2D eigenvalue weighted by molar-refractivity contribution is 7.99. The first-order valence-electron chi connectivity index (χ1n) is 8.38. The first-order valence-corrected chi connectivity index (χ1v) is 9.53. The number of ketones is 1. The van der Waals surface area contributed by atoms with Gasteiger partial charge in [-0.1, -0.05) is 24.1 Å². The zero-order chi connectivity index (χ0) is 17.4. The number of hydrogen-bond acceptors (Lipinski definition) is 4. The zero-order valence-corrected chi connectivity index (χ0v) is 14.9. The van der Waals surface area contributed by atoms with E-state index in [0.717, 1.165) is 45.6 Å². The lowest BCUT2D eigenvalue weighted by molar-refractivity contribution is 0.0948. The number of thioether (sulfide) groups is 1. The number of nitrogens with one attached hydrogen (secondary N) is 1. The fourth-order valence-electron chi connectivity index (χ4n) is 3.56. The van der Waals surface area contributed by atoms with Crippen LogP contribution in [0.3, 0.4) is 0 Å². The van der Waals surface area contributed by atoms with E-state index in [-0.39, 0.29) is 11.8 Å². The number of benzene rings is 1. The minimum absolute atomic E-state index is 0.0750. The number of aromatic nitrogens is 2. The second-order valence-electron chi connectivity index (χ2n) is 6.24. The van der Waals surface area contributed by atoms with Crippen LogP contribution >= 0.6 is 11.8 Å². The Morgan fingerprint density at radius 1 is 1.44 bits per heavy atom. The molecule has 0 aliphatic carbocycles. The maximum Gasteiger partial charge on any atom is 0.198 e. The Morgan fingerprint density at radius 3 is 3.04 bits per heavy atom. The van der Waals surface area contributed by atoms with Crippen molar-refractivity contribution in [3.63, 3.8) is 0 Å². The molecular formula is C20H19N3OS. The molecule has 1 unspecified atom stereocenters. The maximum atomic E-state index is 12.9. The molecule has 0 bridgehead atoms. The molecule has 0 amide bonds.